The third-order valence-corrected chi connectivity index (χ3v) is 3.31. The predicted molar refractivity (Wildman–Crippen MR) is 54.7 cm³/mol. The second-order valence-corrected chi connectivity index (χ2v) is 4.33. The molecule has 1 aliphatic rings. The number of nitrogens with zero attached hydrogens (tertiary/aromatic N) is 2. The number of anilines is 2. The molecule has 0 radical (unpaired) electrons. The number of hydrogen-bond acceptors (Lipinski definition) is 5. The Labute approximate surface area is 81.7 Å². The minimum atomic E-state index is 0.369. The molecule has 0 bridgehead atoms. The minimum Gasteiger partial charge on any atom is -0.367 e. The van der Waals surface area contributed by atoms with Gasteiger partial charge in [0.2, 0.25) is 11.1 Å². The Morgan fingerprint density at radius 2 is 2.38 bits per heavy atom. The normalized spacial score (nSPS) is 19.5. The number of rotatable bonds is 3. The third kappa shape index (κ3) is 1.91. The molecule has 2 rings (SSSR count). The van der Waals surface area contributed by atoms with Gasteiger partial charge < -0.3 is 11.1 Å². The lowest BCUT2D eigenvalue weighted by Crippen LogP contribution is -2.30. The Bertz CT molecular complexity index is 281. The molecule has 1 aromatic rings. The van der Waals surface area contributed by atoms with Crippen LogP contribution in [0.1, 0.15) is 26.2 Å². The summed E-state index contributed by atoms with van der Waals surface area (Å²) < 4.78 is 3.92. The lowest BCUT2D eigenvalue weighted by atomic mass is 9.80. The van der Waals surface area contributed by atoms with Crippen LogP contribution in [-0.2, 0) is 0 Å². The van der Waals surface area contributed by atoms with Crippen molar-refractivity contribution in [2.24, 2.45) is 5.92 Å². The maximum atomic E-state index is 5.43. The SMILES string of the molecule is CC(Nc1nc(N)ns1)C1CCC1. The Morgan fingerprint density at radius 1 is 1.62 bits per heavy atom. The molecule has 1 saturated carbocycles. The van der Waals surface area contributed by atoms with E-state index in [1.165, 1.54) is 30.8 Å². The van der Waals surface area contributed by atoms with Crippen LogP contribution >= 0.6 is 11.5 Å². The zero-order valence-corrected chi connectivity index (χ0v) is 8.47. The molecule has 1 aromatic heterocycles. The first-order valence-electron chi connectivity index (χ1n) is 4.61. The summed E-state index contributed by atoms with van der Waals surface area (Å²) >= 11 is 1.33. The van der Waals surface area contributed by atoms with Gasteiger partial charge in [-0.1, -0.05) is 6.42 Å². The second kappa shape index (κ2) is 3.49. The first-order valence-corrected chi connectivity index (χ1v) is 5.39. The fraction of sp³-hybridized carbons (Fsp3) is 0.750. The van der Waals surface area contributed by atoms with Crippen molar-refractivity contribution in [3.8, 4) is 0 Å². The number of nitrogens with two attached hydrogens (primary N) is 1. The topological polar surface area (TPSA) is 63.8 Å². The molecule has 0 amide bonds. The molecule has 1 heterocycles. The van der Waals surface area contributed by atoms with Crippen molar-refractivity contribution >= 4 is 22.6 Å². The van der Waals surface area contributed by atoms with E-state index in [0.29, 0.717) is 12.0 Å². The molecule has 5 heteroatoms. The Hall–Kier alpha value is -0.840. The van der Waals surface area contributed by atoms with E-state index in [-0.39, 0.29) is 0 Å². The van der Waals surface area contributed by atoms with E-state index < -0.39 is 0 Å². The number of nitrogens with one attached hydrogen (secondary N) is 1. The van der Waals surface area contributed by atoms with Crippen molar-refractivity contribution in [3.63, 3.8) is 0 Å². The van der Waals surface area contributed by atoms with E-state index in [9.17, 15) is 0 Å². The van der Waals surface area contributed by atoms with Crippen LogP contribution in [0.3, 0.4) is 0 Å². The molecular formula is C8H14N4S. The van der Waals surface area contributed by atoms with Crippen LogP contribution in [0.15, 0.2) is 0 Å². The zero-order valence-electron chi connectivity index (χ0n) is 7.66. The summed E-state index contributed by atoms with van der Waals surface area (Å²) in [6, 6.07) is 0.501. The van der Waals surface area contributed by atoms with Gasteiger partial charge in [-0.25, -0.2) is 0 Å². The Balaban J connectivity index is 1.89. The van der Waals surface area contributed by atoms with Gasteiger partial charge in [0.1, 0.15) is 0 Å². The van der Waals surface area contributed by atoms with Gasteiger partial charge in [-0.15, -0.1) is 0 Å². The second-order valence-electron chi connectivity index (χ2n) is 3.58. The van der Waals surface area contributed by atoms with Crippen LogP contribution in [0.25, 0.3) is 0 Å². The lowest BCUT2D eigenvalue weighted by Gasteiger charge is -2.31. The maximum absolute atomic E-state index is 5.43. The standard InChI is InChI=1S/C8H14N4S/c1-5(6-3-2-4-6)10-8-11-7(9)12-13-8/h5-6H,2-4H2,1H3,(H3,9,10,11,12). The molecule has 1 unspecified atom stereocenters. The summed E-state index contributed by atoms with van der Waals surface area (Å²) in [5, 5.41) is 4.17. The summed E-state index contributed by atoms with van der Waals surface area (Å²) in [6.45, 7) is 2.20. The summed E-state index contributed by atoms with van der Waals surface area (Å²) in [6.07, 6.45) is 4.04. The molecule has 1 atom stereocenters. The molecular weight excluding hydrogens is 184 g/mol. The van der Waals surface area contributed by atoms with E-state index in [4.69, 9.17) is 5.73 Å². The van der Waals surface area contributed by atoms with Gasteiger partial charge in [0, 0.05) is 17.6 Å². The number of aromatic nitrogens is 2. The molecule has 0 saturated heterocycles. The van der Waals surface area contributed by atoms with Crippen LogP contribution in [0.4, 0.5) is 11.1 Å². The molecule has 0 aromatic carbocycles. The highest BCUT2D eigenvalue weighted by atomic mass is 32.1. The van der Waals surface area contributed by atoms with Gasteiger partial charge in [-0.05, 0) is 25.7 Å². The molecule has 3 N–H and O–H groups in total. The zero-order chi connectivity index (χ0) is 9.26. The molecule has 1 fully saturated rings. The van der Waals surface area contributed by atoms with E-state index >= 15 is 0 Å². The Morgan fingerprint density at radius 3 is 2.85 bits per heavy atom. The van der Waals surface area contributed by atoms with Crippen molar-refractivity contribution in [3.05, 3.63) is 0 Å². The van der Waals surface area contributed by atoms with Gasteiger partial charge in [0.15, 0.2) is 0 Å². The van der Waals surface area contributed by atoms with Crippen molar-refractivity contribution in [1.29, 1.82) is 0 Å². The molecule has 72 valence electrons. The summed E-state index contributed by atoms with van der Waals surface area (Å²) in [4.78, 5) is 4.07. The van der Waals surface area contributed by atoms with Crippen LogP contribution in [0, 0.1) is 5.92 Å². The van der Waals surface area contributed by atoms with Crippen LogP contribution < -0.4 is 11.1 Å². The van der Waals surface area contributed by atoms with Crippen molar-refractivity contribution < 1.29 is 0 Å². The first kappa shape index (κ1) is 8.74. The summed E-state index contributed by atoms with van der Waals surface area (Å²) in [5.74, 6) is 1.18. The van der Waals surface area contributed by atoms with E-state index in [1.807, 2.05) is 0 Å². The van der Waals surface area contributed by atoms with Gasteiger partial charge in [0.25, 0.3) is 0 Å². The van der Waals surface area contributed by atoms with Crippen molar-refractivity contribution in [2.45, 2.75) is 32.2 Å². The van der Waals surface area contributed by atoms with Gasteiger partial charge >= 0.3 is 0 Å². The lowest BCUT2D eigenvalue weighted by molar-refractivity contribution is 0.285. The highest BCUT2D eigenvalue weighted by Crippen LogP contribution is 2.31. The van der Waals surface area contributed by atoms with Crippen molar-refractivity contribution in [2.75, 3.05) is 11.1 Å². The highest BCUT2D eigenvalue weighted by Gasteiger charge is 2.24. The minimum absolute atomic E-state index is 0.369. The average molecular weight is 198 g/mol. The fourth-order valence-corrected chi connectivity index (χ4v) is 2.14. The number of nitrogen functional groups attached to an aromatic ring is 1. The quantitative estimate of drug-likeness (QED) is 0.776. The average Bonchev–Trinajstić information content (AvgIpc) is 2.31. The van der Waals surface area contributed by atoms with Crippen molar-refractivity contribution in [1.82, 2.24) is 9.36 Å². The largest absolute Gasteiger partial charge is 0.367 e. The molecule has 0 spiro atoms. The predicted octanol–water partition coefficient (Wildman–Crippen LogP) is 1.72. The number of hydrogen-bond donors (Lipinski definition) is 2. The van der Waals surface area contributed by atoms with Crippen LogP contribution in [0.2, 0.25) is 0 Å². The summed E-state index contributed by atoms with van der Waals surface area (Å²) in [5.41, 5.74) is 5.43. The van der Waals surface area contributed by atoms with Crippen LogP contribution in [-0.4, -0.2) is 15.4 Å². The van der Waals surface area contributed by atoms with E-state index in [0.717, 1.165) is 11.0 Å². The fourth-order valence-electron chi connectivity index (χ4n) is 1.55. The molecule has 13 heavy (non-hydrogen) atoms. The van der Waals surface area contributed by atoms with E-state index in [2.05, 4.69) is 21.6 Å². The Kier molecular flexibility index (Phi) is 2.35. The third-order valence-electron chi connectivity index (χ3n) is 2.65. The smallest absolute Gasteiger partial charge is 0.233 e. The van der Waals surface area contributed by atoms with Gasteiger partial charge in [-0.2, -0.15) is 9.36 Å². The van der Waals surface area contributed by atoms with Crippen LogP contribution in [0.5, 0.6) is 0 Å². The maximum Gasteiger partial charge on any atom is 0.233 e. The monoisotopic (exact) mass is 198 g/mol. The summed E-state index contributed by atoms with van der Waals surface area (Å²) in [7, 11) is 0. The molecule has 1 aliphatic carbocycles. The van der Waals surface area contributed by atoms with Gasteiger partial charge in [0.05, 0.1) is 0 Å². The molecule has 4 nitrogen and oxygen atoms in total. The van der Waals surface area contributed by atoms with Gasteiger partial charge in [-0.3, -0.25) is 0 Å². The first-order chi connectivity index (χ1) is 6.25. The van der Waals surface area contributed by atoms with E-state index in [1.54, 1.807) is 0 Å². The molecule has 0 aliphatic heterocycles. The highest BCUT2D eigenvalue weighted by molar-refractivity contribution is 7.09.